The molecule has 0 aliphatic carbocycles. The van der Waals surface area contributed by atoms with Crippen LogP contribution in [-0.4, -0.2) is 42.6 Å². The highest BCUT2D eigenvalue weighted by Gasteiger charge is 2.14. The highest BCUT2D eigenvalue weighted by Crippen LogP contribution is 2.00. The monoisotopic (exact) mass is 197 g/mol. The van der Waals surface area contributed by atoms with E-state index in [4.69, 9.17) is 4.74 Å². The van der Waals surface area contributed by atoms with E-state index in [1.54, 1.807) is 13.3 Å². The Labute approximate surface area is 83.4 Å². The zero-order chi connectivity index (χ0) is 10.6. The lowest BCUT2D eigenvalue weighted by Gasteiger charge is -2.18. The first kappa shape index (κ1) is 10.7. The molecular weight excluding hydrogens is 182 g/mol. The predicted molar refractivity (Wildman–Crippen MR) is 54.8 cm³/mol. The molecule has 1 amide bonds. The summed E-state index contributed by atoms with van der Waals surface area (Å²) in [6, 6.07) is 0. The number of amides is 1. The average molecular weight is 197 g/mol. The van der Waals surface area contributed by atoms with Crippen molar-refractivity contribution in [3.05, 3.63) is 0 Å². The Balaban J connectivity index is 2.34. The predicted octanol–water partition coefficient (Wildman–Crippen LogP) is 1.29. The second-order valence-electron chi connectivity index (χ2n) is 3.46. The summed E-state index contributed by atoms with van der Waals surface area (Å²) in [6.45, 7) is 4.12. The maximum Gasteiger partial charge on any atom is 0.410 e. The normalized spacial score (nSPS) is 14.4. The Morgan fingerprint density at radius 2 is 2.43 bits per heavy atom. The van der Waals surface area contributed by atoms with Crippen LogP contribution in [-0.2, 0) is 4.74 Å². The fourth-order valence-electron chi connectivity index (χ4n) is 1.04. The first-order valence-electron chi connectivity index (χ1n) is 4.58. The van der Waals surface area contributed by atoms with Crippen LogP contribution in [0.4, 0.5) is 4.79 Å². The largest absolute Gasteiger partial charge is 0.447 e. The molecule has 0 aromatic rings. The molecule has 0 bridgehead atoms. The quantitative estimate of drug-likeness (QED) is 0.684. The number of nitrogens with zero attached hydrogens (tertiary/aromatic N) is 3. The third kappa shape index (κ3) is 3.16. The van der Waals surface area contributed by atoms with Crippen LogP contribution in [0.3, 0.4) is 0 Å². The number of rotatable bonds is 3. The molecule has 0 saturated heterocycles. The van der Waals surface area contributed by atoms with Gasteiger partial charge in [-0.15, -0.1) is 0 Å². The second kappa shape index (κ2) is 4.74. The maximum absolute atomic E-state index is 11.3. The van der Waals surface area contributed by atoms with Gasteiger partial charge in [0.15, 0.2) is 0 Å². The smallest absolute Gasteiger partial charge is 0.410 e. The Hall–Kier alpha value is -1.39. The molecule has 1 rings (SSSR count). The van der Waals surface area contributed by atoms with Gasteiger partial charge in [0.2, 0.25) is 0 Å². The number of carbonyl (C=O) groups is 1. The van der Waals surface area contributed by atoms with Gasteiger partial charge in [-0.3, -0.25) is 0 Å². The number of carbonyl (C=O) groups excluding carboxylic acids is 1. The SMILES string of the molecule is CC(C)OC(=O)N(C)CC1=NN=CC1. The molecular formula is C9H15N3O2. The highest BCUT2D eigenvalue weighted by atomic mass is 16.6. The van der Waals surface area contributed by atoms with Gasteiger partial charge in [0, 0.05) is 19.7 Å². The molecule has 0 unspecified atom stereocenters. The van der Waals surface area contributed by atoms with Crippen molar-refractivity contribution in [1.29, 1.82) is 0 Å². The lowest BCUT2D eigenvalue weighted by molar-refractivity contribution is 0.0878. The third-order valence-electron chi connectivity index (χ3n) is 1.68. The van der Waals surface area contributed by atoms with Crippen molar-refractivity contribution < 1.29 is 9.53 Å². The van der Waals surface area contributed by atoms with Crippen LogP contribution in [0.2, 0.25) is 0 Å². The first-order chi connectivity index (χ1) is 6.59. The molecule has 1 heterocycles. The minimum atomic E-state index is -0.324. The lowest BCUT2D eigenvalue weighted by Crippen LogP contribution is -2.33. The summed E-state index contributed by atoms with van der Waals surface area (Å²) >= 11 is 0. The van der Waals surface area contributed by atoms with Gasteiger partial charge in [0.1, 0.15) is 0 Å². The second-order valence-corrected chi connectivity index (χ2v) is 3.46. The third-order valence-corrected chi connectivity index (χ3v) is 1.68. The van der Waals surface area contributed by atoms with E-state index in [1.807, 2.05) is 13.8 Å². The molecule has 0 aromatic heterocycles. The average Bonchev–Trinajstić information content (AvgIpc) is 2.55. The van der Waals surface area contributed by atoms with Crippen molar-refractivity contribution in [1.82, 2.24) is 4.90 Å². The summed E-state index contributed by atoms with van der Waals surface area (Å²) in [5, 5.41) is 7.60. The summed E-state index contributed by atoms with van der Waals surface area (Å²) < 4.78 is 5.01. The van der Waals surface area contributed by atoms with E-state index < -0.39 is 0 Å². The molecule has 14 heavy (non-hydrogen) atoms. The van der Waals surface area contributed by atoms with Gasteiger partial charge in [-0.05, 0) is 13.8 Å². The molecule has 0 N–H and O–H groups in total. The van der Waals surface area contributed by atoms with E-state index in [9.17, 15) is 4.79 Å². The highest BCUT2D eigenvalue weighted by molar-refractivity contribution is 6.00. The Kier molecular flexibility index (Phi) is 3.62. The molecule has 0 spiro atoms. The van der Waals surface area contributed by atoms with Crippen molar-refractivity contribution in [2.45, 2.75) is 26.4 Å². The van der Waals surface area contributed by atoms with Crippen LogP contribution < -0.4 is 0 Å². The summed E-state index contributed by atoms with van der Waals surface area (Å²) in [7, 11) is 1.69. The maximum atomic E-state index is 11.3. The van der Waals surface area contributed by atoms with E-state index >= 15 is 0 Å². The van der Waals surface area contributed by atoms with Gasteiger partial charge < -0.3 is 9.64 Å². The summed E-state index contributed by atoms with van der Waals surface area (Å²) in [5.74, 6) is 0. The Morgan fingerprint density at radius 1 is 1.71 bits per heavy atom. The summed E-state index contributed by atoms with van der Waals surface area (Å²) in [6.07, 6.45) is 2.03. The van der Waals surface area contributed by atoms with Crippen LogP contribution in [0.1, 0.15) is 20.3 Å². The van der Waals surface area contributed by atoms with Crippen LogP contribution in [0.15, 0.2) is 10.2 Å². The Morgan fingerprint density at radius 3 is 2.93 bits per heavy atom. The topological polar surface area (TPSA) is 54.3 Å². The van der Waals surface area contributed by atoms with E-state index in [1.165, 1.54) is 4.90 Å². The van der Waals surface area contributed by atoms with E-state index in [-0.39, 0.29) is 12.2 Å². The minimum Gasteiger partial charge on any atom is -0.447 e. The zero-order valence-electron chi connectivity index (χ0n) is 8.73. The molecule has 0 aromatic carbocycles. The van der Waals surface area contributed by atoms with E-state index in [2.05, 4.69) is 10.2 Å². The Bertz CT molecular complexity index is 271. The molecule has 1 aliphatic heterocycles. The fourth-order valence-corrected chi connectivity index (χ4v) is 1.04. The van der Waals surface area contributed by atoms with Crippen LogP contribution in [0.5, 0.6) is 0 Å². The number of ether oxygens (including phenoxy) is 1. The van der Waals surface area contributed by atoms with Crippen LogP contribution >= 0.6 is 0 Å². The zero-order valence-corrected chi connectivity index (χ0v) is 8.73. The number of hydrogen-bond donors (Lipinski definition) is 0. The molecule has 5 heteroatoms. The molecule has 0 atom stereocenters. The molecule has 0 radical (unpaired) electrons. The van der Waals surface area contributed by atoms with Gasteiger partial charge in [0.25, 0.3) is 0 Å². The van der Waals surface area contributed by atoms with Crippen molar-refractivity contribution in [2.24, 2.45) is 10.2 Å². The first-order valence-corrected chi connectivity index (χ1v) is 4.58. The molecule has 5 nitrogen and oxygen atoms in total. The fraction of sp³-hybridized carbons (Fsp3) is 0.667. The van der Waals surface area contributed by atoms with Crippen molar-refractivity contribution in [2.75, 3.05) is 13.6 Å². The minimum absolute atomic E-state index is 0.0910. The standard InChI is InChI=1S/C9H15N3O2/c1-7(2)14-9(13)12(3)6-8-4-5-10-11-8/h5,7H,4,6H2,1-3H3. The van der Waals surface area contributed by atoms with Gasteiger partial charge >= 0.3 is 6.09 Å². The molecule has 1 aliphatic rings. The van der Waals surface area contributed by atoms with Gasteiger partial charge in [-0.2, -0.15) is 10.2 Å². The summed E-state index contributed by atoms with van der Waals surface area (Å²) in [4.78, 5) is 12.8. The lowest BCUT2D eigenvalue weighted by atomic mass is 10.3. The molecule has 0 saturated carbocycles. The summed E-state index contributed by atoms with van der Waals surface area (Å²) in [5.41, 5.74) is 0.883. The molecule has 0 fully saturated rings. The van der Waals surface area contributed by atoms with Gasteiger partial charge in [0.05, 0.1) is 18.4 Å². The van der Waals surface area contributed by atoms with Crippen LogP contribution in [0.25, 0.3) is 0 Å². The van der Waals surface area contributed by atoms with E-state index in [0.717, 1.165) is 12.1 Å². The molecule has 78 valence electrons. The van der Waals surface area contributed by atoms with Crippen molar-refractivity contribution >= 4 is 18.0 Å². The van der Waals surface area contributed by atoms with E-state index in [0.29, 0.717) is 6.54 Å². The van der Waals surface area contributed by atoms with Crippen LogP contribution in [0, 0.1) is 0 Å². The number of hydrogen-bond acceptors (Lipinski definition) is 4. The van der Waals surface area contributed by atoms with Crippen molar-refractivity contribution in [3.63, 3.8) is 0 Å². The van der Waals surface area contributed by atoms with Gasteiger partial charge in [-0.25, -0.2) is 4.79 Å². The van der Waals surface area contributed by atoms with Gasteiger partial charge in [-0.1, -0.05) is 0 Å². The van der Waals surface area contributed by atoms with Crippen molar-refractivity contribution in [3.8, 4) is 0 Å².